The summed E-state index contributed by atoms with van der Waals surface area (Å²) in [5.41, 5.74) is 10.5. The first kappa shape index (κ1) is 24.7. The highest BCUT2D eigenvalue weighted by atomic mass is 32.2. The van der Waals surface area contributed by atoms with E-state index in [9.17, 15) is 9.35 Å². The van der Waals surface area contributed by atoms with E-state index in [1.165, 1.54) is 24.6 Å². The number of anilines is 2. The molecule has 3 aromatic heterocycles. The highest BCUT2D eigenvalue weighted by molar-refractivity contribution is 7.90. The molecule has 0 saturated carbocycles. The van der Waals surface area contributed by atoms with Crippen LogP contribution < -0.4 is 15.8 Å². The molecule has 3 heterocycles. The van der Waals surface area contributed by atoms with E-state index in [4.69, 9.17) is 15.5 Å². The zero-order valence-corrected chi connectivity index (χ0v) is 22.0. The van der Waals surface area contributed by atoms with Crippen molar-refractivity contribution in [1.29, 1.82) is 0 Å². The van der Waals surface area contributed by atoms with Crippen molar-refractivity contribution in [3.63, 3.8) is 0 Å². The molecule has 5 rings (SSSR count). The second-order valence-corrected chi connectivity index (χ2v) is 11.2. The number of carbonyl (C=O) groups excluding carboxylic acids is 1. The lowest BCUT2D eigenvalue weighted by Crippen LogP contribution is -2.36. The number of pyridine rings is 1. The van der Waals surface area contributed by atoms with Crippen LogP contribution in [0.4, 0.5) is 11.6 Å². The fourth-order valence-corrected chi connectivity index (χ4v) is 7.10. The summed E-state index contributed by atoms with van der Waals surface area (Å²) >= 11 is -0.0870. The summed E-state index contributed by atoms with van der Waals surface area (Å²) in [6.07, 6.45) is 8.58. The van der Waals surface area contributed by atoms with Crippen molar-refractivity contribution in [3.05, 3.63) is 58.2 Å². The van der Waals surface area contributed by atoms with Gasteiger partial charge in [0.2, 0.25) is 4.90 Å². The van der Waals surface area contributed by atoms with Crippen molar-refractivity contribution in [2.45, 2.75) is 57.4 Å². The van der Waals surface area contributed by atoms with Gasteiger partial charge in [0, 0.05) is 24.7 Å². The predicted octanol–water partition coefficient (Wildman–Crippen LogP) is 4.45. The summed E-state index contributed by atoms with van der Waals surface area (Å²) in [4.78, 5) is 25.1. The van der Waals surface area contributed by atoms with Crippen molar-refractivity contribution in [2.75, 3.05) is 11.1 Å². The van der Waals surface area contributed by atoms with E-state index < -0.39 is 11.4 Å². The molecule has 0 amide bonds. The van der Waals surface area contributed by atoms with Gasteiger partial charge in [-0.2, -0.15) is 0 Å². The zero-order chi connectivity index (χ0) is 25.4. The Balaban J connectivity index is 1.43. The molecule has 4 N–H and O–H groups in total. The maximum atomic E-state index is 13.5. The molecular formula is C25H28N6O3S2. The highest BCUT2D eigenvalue weighted by Gasteiger charge is 2.34. The summed E-state index contributed by atoms with van der Waals surface area (Å²) in [5.74, 6) is 1.76. The van der Waals surface area contributed by atoms with Crippen LogP contribution >= 0.6 is 11.3 Å². The molecule has 2 aliphatic carbocycles. The molecule has 0 radical (unpaired) electrons. The average Bonchev–Trinajstić information content (AvgIpc) is 3.26. The molecular weight excluding hydrogens is 496 g/mol. The molecule has 9 nitrogen and oxygen atoms in total. The number of nitrogens with one attached hydrogen (secondary N) is 2. The first-order valence-corrected chi connectivity index (χ1v) is 13.8. The Bertz CT molecular complexity index is 1390. The smallest absolute Gasteiger partial charge is 0.307 e. The largest absolute Gasteiger partial charge is 0.593 e. The SMILES string of the molecule is CC(=O)OC1=CC(Nc2nc(C)cc3c2CCC(C)C3N[S+]([O-])c2csc3c(N)ncnc23)=CCC1. The van der Waals surface area contributed by atoms with Gasteiger partial charge in [-0.05, 0) is 55.4 Å². The number of nitrogens with two attached hydrogens (primary N) is 1. The van der Waals surface area contributed by atoms with Crippen LogP contribution in [-0.2, 0) is 27.3 Å². The normalized spacial score (nSPS) is 20.3. The van der Waals surface area contributed by atoms with Gasteiger partial charge in [-0.3, -0.25) is 4.79 Å². The van der Waals surface area contributed by atoms with Crippen LogP contribution in [0.25, 0.3) is 10.2 Å². The monoisotopic (exact) mass is 524 g/mol. The van der Waals surface area contributed by atoms with Crippen LogP contribution in [0.1, 0.15) is 56.0 Å². The molecule has 3 aromatic rings. The quantitative estimate of drug-likeness (QED) is 0.315. The van der Waals surface area contributed by atoms with E-state index in [1.54, 1.807) is 0 Å². The number of nitrogens with zero attached hydrogens (tertiary/aromatic N) is 3. The van der Waals surface area contributed by atoms with E-state index in [1.807, 2.05) is 18.4 Å². The van der Waals surface area contributed by atoms with Gasteiger partial charge in [0.15, 0.2) is 0 Å². The molecule has 11 heteroatoms. The fourth-order valence-electron chi connectivity index (χ4n) is 4.71. The minimum atomic E-state index is -1.49. The molecule has 0 saturated heterocycles. The molecule has 0 spiro atoms. The van der Waals surface area contributed by atoms with Crippen molar-refractivity contribution in [3.8, 4) is 0 Å². The van der Waals surface area contributed by atoms with E-state index in [0.29, 0.717) is 28.4 Å². The van der Waals surface area contributed by atoms with Gasteiger partial charge < -0.3 is 20.3 Å². The van der Waals surface area contributed by atoms with Crippen LogP contribution in [0.3, 0.4) is 0 Å². The number of ether oxygens (including phenoxy) is 1. The van der Waals surface area contributed by atoms with Crippen LogP contribution in [0, 0.1) is 12.8 Å². The number of hydrogen-bond acceptors (Lipinski definition) is 10. The van der Waals surface area contributed by atoms with E-state index in [0.717, 1.165) is 52.3 Å². The third kappa shape index (κ3) is 4.96. The van der Waals surface area contributed by atoms with Crippen molar-refractivity contribution < 1.29 is 14.1 Å². The lowest BCUT2D eigenvalue weighted by Gasteiger charge is -2.33. The van der Waals surface area contributed by atoms with Gasteiger partial charge in [0.25, 0.3) is 0 Å². The van der Waals surface area contributed by atoms with Gasteiger partial charge in [-0.1, -0.05) is 13.0 Å². The zero-order valence-electron chi connectivity index (χ0n) is 20.3. The second-order valence-electron chi connectivity index (χ2n) is 9.12. The first-order valence-electron chi connectivity index (χ1n) is 11.8. The van der Waals surface area contributed by atoms with Crippen LogP contribution in [0.15, 0.2) is 46.3 Å². The van der Waals surface area contributed by atoms with Crippen molar-refractivity contribution in [2.24, 2.45) is 5.92 Å². The molecule has 36 heavy (non-hydrogen) atoms. The lowest BCUT2D eigenvalue weighted by atomic mass is 9.81. The summed E-state index contributed by atoms with van der Waals surface area (Å²) in [7, 11) is 0. The number of nitrogen functional groups attached to an aromatic ring is 1. The van der Waals surface area contributed by atoms with Gasteiger partial charge in [-0.15, -0.1) is 16.1 Å². The molecule has 3 atom stereocenters. The molecule has 0 fully saturated rings. The van der Waals surface area contributed by atoms with E-state index in [-0.39, 0.29) is 17.9 Å². The van der Waals surface area contributed by atoms with Gasteiger partial charge in [0.05, 0.1) is 22.8 Å². The van der Waals surface area contributed by atoms with Crippen LogP contribution in [0.2, 0.25) is 0 Å². The standard InChI is InChI=1S/C25H28N6O3S2/c1-13-7-8-18-19(21(13)31-36(33)20-11-35-23-22(20)27-12-28-24(23)26)9-14(2)29-25(18)30-16-5-4-6-17(10-16)34-15(3)32/h5,9-13,21,31H,4,6-8H2,1-3H3,(H,29,30)(H2,26,27,28). The molecule has 3 unspecified atom stereocenters. The van der Waals surface area contributed by atoms with Gasteiger partial charge >= 0.3 is 5.97 Å². The Hall–Kier alpha value is -2.99. The maximum Gasteiger partial charge on any atom is 0.307 e. The summed E-state index contributed by atoms with van der Waals surface area (Å²) < 4.78 is 22.9. The number of hydrogen-bond donors (Lipinski definition) is 3. The molecule has 0 aliphatic heterocycles. The Morgan fingerprint density at radius 1 is 1.33 bits per heavy atom. The number of carbonyl (C=O) groups is 1. The lowest BCUT2D eigenvalue weighted by molar-refractivity contribution is -0.137. The molecule has 2 aliphatic rings. The number of rotatable bonds is 6. The number of fused-ring (bicyclic) bond motifs is 2. The van der Waals surface area contributed by atoms with Crippen molar-refractivity contribution in [1.82, 2.24) is 19.7 Å². The van der Waals surface area contributed by atoms with Gasteiger partial charge in [0.1, 0.15) is 33.9 Å². The minimum Gasteiger partial charge on any atom is -0.593 e. The maximum absolute atomic E-state index is 13.5. The topological polar surface area (TPSA) is 138 Å². The summed E-state index contributed by atoms with van der Waals surface area (Å²) in [5, 5.41) is 5.28. The Labute approximate surface area is 216 Å². The van der Waals surface area contributed by atoms with E-state index >= 15 is 0 Å². The Morgan fingerprint density at radius 2 is 2.17 bits per heavy atom. The Morgan fingerprint density at radius 3 is 2.97 bits per heavy atom. The fraction of sp³-hybridized carbons (Fsp3) is 0.360. The number of esters is 1. The third-order valence-electron chi connectivity index (χ3n) is 6.43. The summed E-state index contributed by atoms with van der Waals surface area (Å²) in [6.45, 7) is 5.54. The Kier molecular flexibility index (Phi) is 6.98. The molecule has 0 bridgehead atoms. The third-order valence-corrected chi connectivity index (χ3v) is 8.75. The average molecular weight is 525 g/mol. The number of thiophene rings is 1. The number of aryl methyl sites for hydroxylation is 1. The number of allylic oxidation sites excluding steroid dienone is 3. The van der Waals surface area contributed by atoms with E-state index in [2.05, 4.69) is 39.1 Å². The number of aromatic nitrogens is 3. The van der Waals surface area contributed by atoms with Crippen molar-refractivity contribution >= 4 is 50.5 Å². The first-order chi connectivity index (χ1) is 17.3. The molecule has 0 aromatic carbocycles. The van der Waals surface area contributed by atoms with Gasteiger partial charge in [-0.25, -0.2) is 15.0 Å². The summed E-state index contributed by atoms with van der Waals surface area (Å²) in [6, 6.07) is 1.95. The van der Waals surface area contributed by atoms with Crippen LogP contribution in [-0.4, -0.2) is 25.5 Å². The second kappa shape index (κ2) is 10.2. The minimum absolute atomic E-state index is 0.126. The molecule has 188 valence electrons. The highest BCUT2D eigenvalue weighted by Crippen LogP contribution is 2.40. The predicted molar refractivity (Wildman–Crippen MR) is 141 cm³/mol. The van der Waals surface area contributed by atoms with Crippen LogP contribution in [0.5, 0.6) is 0 Å².